The van der Waals surface area contributed by atoms with Crippen LogP contribution in [0.1, 0.15) is 239 Å². The summed E-state index contributed by atoms with van der Waals surface area (Å²) in [5.74, 6) is -0.834. The van der Waals surface area contributed by atoms with Crippen LogP contribution < -0.4 is 4.89 Å². The summed E-state index contributed by atoms with van der Waals surface area (Å²) in [6.45, 7) is 4.21. The third-order valence-corrected chi connectivity index (χ3v) is 12.0. The van der Waals surface area contributed by atoms with Crippen LogP contribution >= 0.6 is 7.82 Å². The summed E-state index contributed by atoms with van der Waals surface area (Å²) in [5, 5.41) is 0. The van der Waals surface area contributed by atoms with E-state index in [0.717, 1.165) is 57.8 Å². The van der Waals surface area contributed by atoms with Crippen LogP contribution in [0.2, 0.25) is 0 Å². The first-order valence-electron chi connectivity index (χ1n) is 24.9. The molecule has 59 heavy (non-hydrogen) atoms. The number of hydrogen-bond acceptors (Lipinski definition) is 8. The van der Waals surface area contributed by atoms with Crippen molar-refractivity contribution in [2.24, 2.45) is 0 Å². The molecule has 0 fully saturated rings. The topological polar surface area (TPSA) is 111 Å². The van der Waals surface area contributed by atoms with Crippen LogP contribution in [-0.2, 0) is 32.7 Å². The average Bonchev–Trinajstić information content (AvgIpc) is 3.19. The Morgan fingerprint density at radius 2 is 0.881 bits per heavy atom. The summed E-state index contributed by atoms with van der Waals surface area (Å²) in [4.78, 5) is 37.6. The maximum atomic E-state index is 12.6. The summed E-state index contributed by atoms with van der Waals surface area (Å²) in [7, 11) is 1.17. The van der Waals surface area contributed by atoms with E-state index in [0.29, 0.717) is 17.4 Å². The van der Waals surface area contributed by atoms with E-state index in [1.54, 1.807) is 0 Å². The van der Waals surface area contributed by atoms with Crippen LogP contribution in [0.15, 0.2) is 12.2 Å². The van der Waals surface area contributed by atoms with Gasteiger partial charge in [-0.15, -0.1) is 0 Å². The minimum atomic E-state index is -4.62. The molecule has 10 heteroatoms. The molecule has 0 rings (SSSR count). The van der Waals surface area contributed by atoms with Crippen molar-refractivity contribution < 1.29 is 42.1 Å². The van der Waals surface area contributed by atoms with Gasteiger partial charge in [0.05, 0.1) is 27.7 Å². The second-order valence-electron chi connectivity index (χ2n) is 18.2. The summed E-state index contributed by atoms with van der Waals surface area (Å²) in [5.41, 5.74) is 0. The molecule has 2 atom stereocenters. The molecule has 0 radical (unpaired) electrons. The number of likely N-dealkylation sites (N-methyl/N-ethyl adjacent to an activating group) is 1. The van der Waals surface area contributed by atoms with Gasteiger partial charge < -0.3 is 27.9 Å². The van der Waals surface area contributed by atoms with Crippen molar-refractivity contribution in [3.63, 3.8) is 0 Å². The van der Waals surface area contributed by atoms with Gasteiger partial charge in [-0.05, 0) is 32.1 Å². The van der Waals surface area contributed by atoms with Gasteiger partial charge in [-0.2, -0.15) is 0 Å². The molecule has 0 spiro atoms. The number of quaternary nitrogens is 1. The largest absolute Gasteiger partial charge is 0.756 e. The Balaban J connectivity index is 4.10. The molecule has 2 unspecified atom stereocenters. The number of esters is 2. The lowest BCUT2D eigenvalue weighted by Crippen LogP contribution is -2.37. The smallest absolute Gasteiger partial charge is 0.306 e. The fraction of sp³-hybridized carbons (Fsp3) is 0.918. The number of phosphoric acid groups is 1. The predicted octanol–water partition coefficient (Wildman–Crippen LogP) is 13.9. The molecule has 0 saturated carbocycles. The molecule has 0 amide bonds. The minimum absolute atomic E-state index is 0.0293. The van der Waals surface area contributed by atoms with Crippen molar-refractivity contribution in [2.75, 3.05) is 47.5 Å². The van der Waals surface area contributed by atoms with E-state index < -0.39 is 26.5 Å². The number of ether oxygens (including phenoxy) is 2. The van der Waals surface area contributed by atoms with Crippen LogP contribution in [0, 0.1) is 0 Å². The number of carbonyl (C=O) groups excluding carboxylic acids is 2. The van der Waals surface area contributed by atoms with Gasteiger partial charge >= 0.3 is 11.9 Å². The highest BCUT2D eigenvalue weighted by Crippen LogP contribution is 2.38. The number of nitrogens with zero attached hydrogens (tertiary/aromatic N) is 1. The Kier molecular flexibility index (Phi) is 41.2. The summed E-state index contributed by atoms with van der Waals surface area (Å²) in [6.07, 6.45) is 45.4. The minimum Gasteiger partial charge on any atom is -0.756 e. The van der Waals surface area contributed by atoms with Crippen LogP contribution in [-0.4, -0.2) is 70.0 Å². The quantitative estimate of drug-likeness (QED) is 0.0196. The molecule has 350 valence electrons. The lowest BCUT2D eigenvalue weighted by Gasteiger charge is -2.28. The van der Waals surface area contributed by atoms with Crippen LogP contribution in [0.4, 0.5) is 0 Å². The summed E-state index contributed by atoms with van der Waals surface area (Å²) < 4.78 is 33.9. The van der Waals surface area contributed by atoms with E-state index in [9.17, 15) is 19.0 Å². The van der Waals surface area contributed by atoms with Gasteiger partial charge in [-0.3, -0.25) is 14.2 Å². The third kappa shape index (κ3) is 46.1. The van der Waals surface area contributed by atoms with E-state index >= 15 is 0 Å². The van der Waals surface area contributed by atoms with E-state index in [-0.39, 0.29) is 32.0 Å². The highest BCUT2D eigenvalue weighted by atomic mass is 31.2. The van der Waals surface area contributed by atoms with Crippen LogP contribution in [0.5, 0.6) is 0 Å². The highest BCUT2D eigenvalue weighted by molar-refractivity contribution is 7.45. The highest BCUT2D eigenvalue weighted by Gasteiger charge is 2.21. The second kappa shape index (κ2) is 42.1. The molecular formula is C49H96NO8P. The number of unbranched alkanes of at least 4 members (excludes halogenated alkanes) is 30. The number of carbonyl (C=O) groups is 2. The fourth-order valence-electron chi connectivity index (χ4n) is 7.11. The Hall–Kier alpha value is -1.25. The van der Waals surface area contributed by atoms with Crippen molar-refractivity contribution in [2.45, 2.75) is 245 Å². The Bertz CT molecular complexity index is 1020. The third-order valence-electron chi connectivity index (χ3n) is 11.0. The number of hydrogen-bond donors (Lipinski definition) is 0. The summed E-state index contributed by atoms with van der Waals surface area (Å²) >= 11 is 0. The van der Waals surface area contributed by atoms with Crippen LogP contribution in [0.3, 0.4) is 0 Å². The monoisotopic (exact) mass is 858 g/mol. The fourth-order valence-corrected chi connectivity index (χ4v) is 7.84. The zero-order valence-corrected chi connectivity index (χ0v) is 40.4. The lowest BCUT2D eigenvalue weighted by molar-refractivity contribution is -0.870. The molecule has 0 aliphatic rings. The van der Waals surface area contributed by atoms with Crippen molar-refractivity contribution >= 4 is 19.8 Å². The number of phosphoric ester groups is 1. The Morgan fingerprint density at radius 1 is 0.508 bits per heavy atom. The first-order valence-corrected chi connectivity index (χ1v) is 26.4. The molecule has 0 aliphatic heterocycles. The van der Waals surface area contributed by atoms with Crippen molar-refractivity contribution in [1.29, 1.82) is 0 Å². The summed E-state index contributed by atoms with van der Waals surface area (Å²) in [6, 6.07) is 0. The molecule has 0 aromatic heterocycles. The maximum Gasteiger partial charge on any atom is 0.306 e. The normalized spacial score (nSPS) is 13.5. The molecule has 0 aromatic carbocycles. The maximum absolute atomic E-state index is 12.6. The van der Waals surface area contributed by atoms with Gasteiger partial charge in [0.1, 0.15) is 19.8 Å². The van der Waals surface area contributed by atoms with Gasteiger partial charge in [0.15, 0.2) is 6.10 Å². The molecule has 9 nitrogen and oxygen atoms in total. The Morgan fingerprint density at radius 3 is 1.31 bits per heavy atom. The van der Waals surface area contributed by atoms with E-state index in [2.05, 4.69) is 26.0 Å². The zero-order chi connectivity index (χ0) is 43.6. The van der Waals surface area contributed by atoms with E-state index in [1.165, 1.54) is 148 Å². The lowest BCUT2D eigenvalue weighted by atomic mass is 10.0. The van der Waals surface area contributed by atoms with Crippen LogP contribution in [0.25, 0.3) is 0 Å². The van der Waals surface area contributed by atoms with Crippen molar-refractivity contribution in [3.8, 4) is 0 Å². The molecule has 0 aliphatic carbocycles. The molecular weight excluding hydrogens is 762 g/mol. The second-order valence-corrected chi connectivity index (χ2v) is 19.6. The number of rotatable bonds is 46. The predicted molar refractivity (Wildman–Crippen MR) is 245 cm³/mol. The number of allylic oxidation sites excluding steroid dienone is 2. The van der Waals surface area contributed by atoms with E-state index in [1.807, 2.05) is 21.1 Å². The van der Waals surface area contributed by atoms with E-state index in [4.69, 9.17) is 18.5 Å². The standard InChI is InChI=1S/C49H96NO8P/c1-6-8-10-12-14-16-18-19-20-21-22-23-24-25-26-27-28-29-30-32-33-35-37-39-41-48(51)55-45-47(46-57-59(53,54)56-44-43-50(3,4)5)58-49(52)42-40-38-36-34-31-17-15-13-11-9-7-2/h13,15,47H,6-12,14,16-46H2,1-5H3/b15-13-. The SMILES string of the molecule is CCCC/C=C\CCCCCCCC(=O)OC(COC(=O)CCCCCCCCCCCCCCCCCCCCCCCCCC)COP(=O)([O-])OCC[N+](C)(C)C. The first-order chi connectivity index (χ1) is 28.5. The molecule has 0 heterocycles. The molecule has 0 saturated heterocycles. The van der Waals surface area contributed by atoms with Crippen molar-refractivity contribution in [1.82, 2.24) is 0 Å². The van der Waals surface area contributed by atoms with Gasteiger partial charge in [0, 0.05) is 12.8 Å². The molecule has 0 bridgehead atoms. The Labute approximate surface area is 365 Å². The molecule has 0 aromatic rings. The molecule has 0 N–H and O–H groups in total. The van der Waals surface area contributed by atoms with Gasteiger partial charge in [0.25, 0.3) is 7.82 Å². The van der Waals surface area contributed by atoms with Gasteiger partial charge in [-0.1, -0.05) is 206 Å². The van der Waals surface area contributed by atoms with Gasteiger partial charge in [-0.25, -0.2) is 0 Å². The first kappa shape index (κ1) is 57.8. The van der Waals surface area contributed by atoms with Crippen molar-refractivity contribution in [3.05, 3.63) is 12.2 Å². The average molecular weight is 858 g/mol. The van der Waals surface area contributed by atoms with Gasteiger partial charge in [0.2, 0.25) is 0 Å². The zero-order valence-electron chi connectivity index (χ0n) is 39.5.